The summed E-state index contributed by atoms with van der Waals surface area (Å²) in [5.74, 6) is 5.07. The van der Waals surface area contributed by atoms with Crippen molar-refractivity contribution >= 4 is 11.8 Å². The smallest absolute Gasteiger partial charge is 0.117 e. The summed E-state index contributed by atoms with van der Waals surface area (Å²) in [4.78, 5) is 0. The van der Waals surface area contributed by atoms with E-state index in [1.807, 2.05) is 11.8 Å². The fraction of sp³-hybridized carbons (Fsp3) is 0.667. The molecule has 0 aliphatic carbocycles. The van der Waals surface area contributed by atoms with Crippen LogP contribution in [0.2, 0.25) is 0 Å². The van der Waals surface area contributed by atoms with Crippen LogP contribution in [0, 0.1) is 5.92 Å². The molecule has 0 aliphatic rings. The van der Waals surface area contributed by atoms with Crippen LogP contribution in [0.1, 0.15) is 32.3 Å². The Bertz CT molecular complexity index is 270. The largest absolute Gasteiger partial charge is 0.464 e. The Kier molecular flexibility index (Phi) is 5.88. The Morgan fingerprint density at radius 2 is 2.07 bits per heavy atom. The molecule has 3 heteroatoms. The first-order chi connectivity index (χ1) is 7.22. The molecule has 0 aliphatic heterocycles. The van der Waals surface area contributed by atoms with Gasteiger partial charge in [0.1, 0.15) is 11.5 Å². The van der Waals surface area contributed by atoms with E-state index in [1.54, 1.807) is 0 Å². The van der Waals surface area contributed by atoms with Crippen LogP contribution in [0.5, 0.6) is 0 Å². The van der Waals surface area contributed by atoms with Gasteiger partial charge < -0.3 is 9.73 Å². The molecule has 1 rings (SSSR count). The highest BCUT2D eigenvalue weighted by Crippen LogP contribution is 2.17. The molecule has 0 amide bonds. The summed E-state index contributed by atoms with van der Waals surface area (Å²) >= 11 is 1.94. The fourth-order valence-corrected chi connectivity index (χ4v) is 2.18. The van der Waals surface area contributed by atoms with E-state index in [-0.39, 0.29) is 0 Å². The van der Waals surface area contributed by atoms with Gasteiger partial charge in [0, 0.05) is 0 Å². The van der Waals surface area contributed by atoms with E-state index < -0.39 is 0 Å². The van der Waals surface area contributed by atoms with Crippen molar-refractivity contribution in [3.05, 3.63) is 23.7 Å². The summed E-state index contributed by atoms with van der Waals surface area (Å²) in [5, 5.41) is 3.25. The molecular formula is C12H21NOS. The average molecular weight is 227 g/mol. The fourth-order valence-electron chi connectivity index (χ4n) is 1.24. The van der Waals surface area contributed by atoms with Crippen LogP contribution >= 0.6 is 11.8 Å². The van der Waals surface area contributed by atoms with E-state index in [0.717, 1.165) is 36.3 Å². The van der Waals surface area contributed by atoms with Gasteiger partial charge in [-0.1, -0.05) is 20.8 Å². The Morgan fingerprint density at radius 3 is 2.73 bits per heavy atom. The monoisotopic (exact) mass is 227 g/mol. The summed E-state index contributed by atoms with van der Waals surface area (Å²) in [5.41, 5.74) is 0. The van der Waals surface area contributed by atoms with Crippen LogP contribution < -0.4 is 5.32 Å². The molecule has 0 saturated heterocycles. The lowest BCUT2D eigenvalue weighted by atomic mass is 10.3. The molecule has 15 heavy (non-hydrogen) atoms. The predicted molar refractivity (Wildman–Crippen MR) is 67.1 cm³/mol. The number of nitrogens with one attached hydrogen (secondary N) is 1. The normalized spacial score (nSPS) is 11.2. The molecule has 2 nitrogen and oxygen atoms in total. The van der Waals surface area contributed by atoms with Crippen molar-refractivity contribution in [2.45, 2.75) is 33.1 Å². The van der Waals surface area contributed by atoms with Gasteiger partial charge in [-0.2, -0.15) is 11.8 Å². The van der Waals surface area contributed by atoms with Gasteiger partial charge in [-0.15, -0.1) is 0 Å². The zero-order chi connectivity index (χ0) is 11.1. The highest BCUT2D eigenvalue weighted by atomic mass is 32.2. The first-order valence-electron chi connectivity index (χ1n) is 5.58. The molecule has 1 aromatic rings. The van der Waals surface area contributed by atoms with Crippen molar-refractivity contribution in [3.63, 3.8) is 0 Å². The zero-order valence-electron chi connectivity index (χ0n) is 9.88. The third-order valence-electron chi connectivity index (χ3n) is 1.96. The second-order valence-electron chi connectivity index (χ2n) is 4.06. The van der Waals surface area contributed by atoms with Crippen LogP contribution in [0.4, 0.5) is 0 Å². The van der Waals surface area contributed by atoms with Crippen molar-refractivity contribution in [2.24, 2.45) is 5.92 Å². The number of hydrogen-bond donors (Lipinski definition) is 1. The molecule has 0 radical (unpaired) electrons. The summed E-state index contributed by atoms with van der Waals surface area (Å²) < 4.78 is 5.68. The topological polar surface area (TPSA) is 25.2 Å². The number of furan rings is 1. The number of thioether (sulfide) groups is 1. The van der Waals surface area contributed by atoms with E-state index in [1.165, 1.54) is 5.75 Å². The van der Waals surface area contributed by atoms with Gasteiger partial charge in [-0.25, -0.2) is 0 Å². The van der Waals surface area contributed by atoms with Crippen molar-refractivity contribution in [1.29, 1.82) is 0 Å². The molecule has 0 bridgehead atoms. The Hall–Kier alpha value is -0.410. The second-order valence-corrected chi connectivity index (χ2v) is 5.09. The van der Waals surface area contributed by atoms with Crippen LogP contribution in [0.3, 0.4) is 0 Å². The summed E-state index contributed by atoms with van der Waals surface area (Å²) in [6, 6.07) is 4.15. The van der Waals surface area contributed by atoms with Crippen molar-refractivity contribution in [3.8, 4) is 0 Å². The standard InChI is InChI=1S/C12H21NOS/c1-4-13-7-11-5-6-12(14-11)9-15-8-10(2)3/h5-6,10,13H,4,7-9H2,1-3H3. The maximum absolute atomic E-state index is 5.68. The highest BCUT2D eigenvalue weighted by molar-refractivity contribution is 7.98. The minimum Gasteiger partial charge on any atom is -0.464 e. The van der Waals surface area contributed by atoms with Gasteiger partial charge in [0.25, 0.3) is 0 Å². The van der Waals surface area contributed by atoms with E-state index in [9.17, 15) is 0 Å². The Labute approximate surface area is 96.8 Å². The van der Waals surface area contributed by atoms with Gasteiger partial charge >= 0.3 is 0 Å². The van der Waals surface area contributed by atoms with Crippen molar-refractivity contribution < 1.29 is 4.42 Å². The molecule has 1 aromatic heterocycles. The van der Waals surface area contributed by atoms with E-state index >= 15 is 0 Å². The highest BCUT2D eigenvalue weighted by Gasteiger charge is 2.02. The summed E-state index contributed by atoms with van der Waals surface area (Å²) in [7, 11) is 0. The first kappa shape index (κ1) is 12.7. The lowest BCUT2D eigenvalue weighted by Gasteiger charge is -2.02. The van der Waals surface area contributed by atoms with Crippen molar-refractivity contribution in [2.75, 3.05) is 12.3 Å². The van der Waals surface area contributed by atoms with Gasteiger partial charge in [-0.3, -0.25) is 0 Å². The van der Waals surface area contributed by atoms with E-state index in [2.05, 4.69) is 38.2 Å². The van der Waals surface area contributed by atoms with Crippen LogP contribution in [0.25, 0.3) is 0 Å². The van der Waals surface area contributed by atoms with Crippen LogP contribution in [-0.2, 0) is 12.3 Å². The van der Waals surface area contributed by atoms with Gasteiger partial charge in [0.05, 0.1) is 12.3 Å². The summed E-state index contributed by atoms with van der Waals surface area (Å²) in [6.45, 7) is 8.41. The molecule has 0 aromatic carbocycles. The molecule has 0 saturated carbocycles. The lowest BCUT2D eigenvalue weighted by molar-refractivity contribution is 0.462. The average Bonchev–Trinajstić information content (AvgIpc) is 2.62. The molecule has 0 fully saturated rings. The van der Waals surface area contributed by atoms with Gasteiger partial charge in [0.15, 0.2) is 0 Å². The molecule has 86 valence electrons. The maximum atomic E-state index is 5.68. The lowest BCUT2D eigenvalue weighted by Crippen LogP contribution is -2.10. The van der Waals surface area contributed by atoms with Gasteiger partial charge in [0.2, 0.25) is 0 Å². The Morgan fingerprint density at radius 1 is 1.33 bits per heavy atom. The maximum Gasteiger partial charge on any atom is 0.117 e. The minimum atomic E-state index is 0.756. The number of rotatable bonds is 7. The Balaban J connectivity index is 2.26. The first-order valence-corrected chi connectivity index (χ1v) is 6.74. The minimum absolute atomic E-state index is 0.756. The van der Waals surface area contributed by atoms with E-state index in [0.29, 0.717) is 0 Å². The van der Waals surface area contributed by atoms with E-state index in [4.69, 9.17) is 4.42 Å². The predicted octanol–water partition coefficient (Wildman–Crippen LogP) is 3.28. The third kappa shape index (κ3) is 5.28. The SMILES string of the molecule is CCNCc1ccc(CSCC(C)C)o1. The summed E-state index contributed by atoms with van der Waals surface area (Å²) in [6.07, 6.45) is 0. The molecule has 0 spiro atoms. The number of hydrogen-bond acceptors (Lipinski definition) is 3. The zero-order valence-corrected chi connectivity index (χ0v) is 10.7. The molecular weight excluding hydrogens is 206 g/mol. The molecule has 0 atom stereocenters. The molecule has 1 heterocycles. The second kappa shape index (κ2) is 6.96. The van der Waals surface area contributed by atoms with Crippen LogP contribution in [0.15, 0.2) is 16.5 Å². The quantitative estimate of drug-likeness (QED) is 0.774. The molecule has 0 unspecified atom stereocenters. The molecule has 1 N–H and O–H groups in total. The van der Waals surface area contributed by atoms with Crippen LogP contribution in [-0.4, -0.2) is 12.3 Å². The van der Waals surface area contributed by atoms with Gasteiger partial charge in [-0.05, 0) is 30.3 Å². The third-order valence-corrected chi connectivity index (χ3v) is 3.35. The van der Waals surface area contributed by atoms with Crippen molar-refractivity contribution in [1.82, 2.24) is 5.32 Å².